The van der Waals surface area contributed by atoms with Crippen LogP contribution in [0.5, 0.6) is 5.75 Å². The van der Waals surface area contributed by atoms with Gasteiger partial charge in [-0.1, -0.05) is 11.6 Å². The Morgan fingerprint density at radius 3 is 2.71 bits per heavy atom. The molecular formula is C15H17ClN2O3. The molecule has 5 nitrogen and oxygen atoms in total. The van der Waals surface area contributed by atoms with E-state index in [0.717, 1.165) is 0 Å². The molecule has 0 N–H and O–H groups in total. The van der Waals surface area contributed by atoms with Crippen LogP contribution in [0.3, 0.4) is 0 Å². The Morgan fingerprint density at radius 2 is 2.14 bits per heavy atom. The molecule has 0 saturated carbocycles. The van der Waals surface area contributed by atoms with Crippen LogP contribution in [0.1, 0.15) is 19.4 Å². The molecule has 2 rings (SSSR count). The minimum atomic E-state index is -0.0857. The molecule has 1 heterocycles. The highest BCUT2D eigenvalue weighted by Crippen LogP contribution is 2.22. The summed E-state index contributed by atoms with van der Waals surface area (Å²) in [7, 11) is 0. The monoisotopic (exact) mass is 308 g/mol. The highest BCUT2D eigenvalue weighted by Gasteiger charge is 2.25. The molecule has 0 aliphatic carbocycles. The van der Waals surface area contributed by atoms with Crippen LogP contribution in [0.4, 0.5) is 0 Å². The van der Waals surface area contributed by atoms with Gasteiger partial charge in [0.1, 0.15) is 11.8 Å². The van der Waals surface area contributed by atoms with Gasteiger partial charge in [0.25, 0.3) is 5.91 Å². The average Bonchev–Trinajstić information content (AvgIpc) is 2.43. The second kappa shape index (κ2) is 6.79. The zero-order chi connectivity index (χ0) is 15.4. The zero-order valence-electron chi connectivity index (χ0n) is 12.0. The summed E-state index contributed by atoms with van der Waals surface area (Å²) in [6, 6.07) is 6.71. The molecule has 1 fully saturated rings. The minimum Gasteiger partial charge on any atom is -0.484 e. The molecule has 1 aliphatic rings. The van der Waals surface area contributed by atoms with E-state index in [-0.39, 0.29) is 24.7 Å². The van der Waals surface area contributed by atoms with E-state index in [2.05, 4.69) is 0 Å². The number of hydrogen-bond acceptors (Lipinski definition) is 4. The van der Waals surface area contributed by atoms with Crippen molar-refractivity contribution >= 4 is 17.5 Å². The van der Waals surface area contributed by atoms with E-state index in [1.807, 2.05) is 19.9 Å². The molecule has 0 radical (unpaired) electrons. The van der Waals surface area contributed by atoms with Crippen LogP contribution in [0.15, 0.2) is 18.2 Å². The van der Waals surface area contributed by atoms with Crippen LogP contribution in [0.2, 0.25) is 5.02 Å². The molecule has 1 aliphatic heterocycles. The summed E-state index contributed by atoms with van der Waals surface area (Å²) in [5.74, 6) is 0.388. The topological polar surface area (TPSA) is 62.6 Å². The first kappa shape index (κ1) is 15.6. The first-order chi connectivity index (χ1) is 9.99. The number of ether oxygens (including phenoxy) is 2. The maximum Gasteiger partial charge on any atom is 0.260 e. The minimum absolute atomic E-state index is 0.0297. The lowest BCUT2D eigenvalue weighted by atomic mass is 10.2. The van der Waals surface area contributed by atoms with Crippen molar-refractivity contribution in [1.29, 1.82) is 5.26 Å². The summed E-state index contributed by atoms with van der Waals surface area (Å²) >= 11 is 5.92. The fourth-order valence-electron chi connectivity index (χ4n) is 2.29. The maximum absolute atomic E-state index is 12.1. The molecule has 0 unspecified atom stereocenters. The quantitative estimate of drug-likeness (QED) is 0.859. The molecule has 0 bridgehead atoms. The molecule has 21 heavy (non-hydrogen) atoms. The van der Waals surface area contributed by atoms with Crippen LogP contribution in [-0.4, -0.2) is 42.7 Å². The van der Waals surface area contributed by atoms with E-state index < -0.39 is 0 Å². The van der Waals surface area contributed by atoms with Gasteiger partial charge in [-0.2, -0.15) is 5.26 Å². The molecule has 0 spiro atoms. The maximum atomic E-state index is 12.1. The molecule has 1 aromatic rings. The fourth-order valence-corrected chi connectivity index (χ4v) is 2.51. The average molecular weight is 309 g/mol. The van der Waals surface area contributed by atoms with Crippen LogP contribution < -0.4 is 4.74 Å². The highest BCUT2D eigenvalue weighted by atomic mass is 35.5. The first-order valence-corrected chi connectivity index (χ1v) is 7.13. The number of carbonyl (C=O) groups excluding carboxylic acids is 1. The molecule has 0 aromatic heterocycles. The predicted molar refractivity (Wildman–Crippen MR) is 78.3 cm³/mol. The summed E-state index contributed by atoms with van der Waals surface area (Å²) in [4.78, 5) is 13.9. The number of morpholine rings is 1. The number of amides is 1. The Balaban J connectivity index is 1.92. The normalized spacial score (nSPS) is 21.7. The smallest absolute Gasteiger partial charge is 0.260 e. The summed E-state index contributed by atoms with van der Waals surface area (Å²) in [6.07, 6.45) is 0.0594. The van der Waals surface area contributed by atoms with Crippen molar-refractivity contribution in [2.75, 3.05) is 19.7 Å². The predicted octanol–water partition coefficient (Wildman–Crippen LogP) is 2.23. The number of halogens is 1. The second-order valence-corrected chi connectivity index (χ2v) is 5.51. The van der Waals surface area contributed by atoms with Gasteiger partial charge in [0.15, 0.2) is 6.61 Å². The molecule has 1 amide bonds. The third-order valence-electron chi connectivity index (χ3n) is 3.20. The molecule has 112 valence electrons. The molecule has 6 heteroatoms. The van der Waals surface area contributed by atoms with Gasteiger partial charge in [-0.3, -0.25) is 4.79 Å². The van der Waals surface area contributed by atoms with E-state index in [0.29, 0.717) is 29.4 Å². The van der Waals surface area contributed by atoms with Gasteiger partial charge in [-0.25, -0.2) is 0 Å². The highest BCUT2D eigenvalue weighted by molar-refractivity contribution is 6.31. The third kappa shape index (κ3) is 4.10. The number of hydrogen-bond donors (Lipinski definition) is 0. The van der Waals surface area contributed by atoms with E-state index in [4.69, 9.17) is 26.3 Å². The van der Waals surface area contributed by atoms with E-state index in [1.54, 1.807) is 17.0 Å². The standard InChI is InChI=1S/C15H17ClN2O3/c1-10-7-18(8-11(2)21-10)15(19)9-20-13-4-3-12(6-17)14(16)5-13/h3-5,10-11H,7-9H2,1-2H3/t10-,11+. The van der Waals surface area contributed by atoms with Crippen LogP contribution in [0.25, 0.3) is 0 Å². The number of benzene rings is 1. The second-order valence-electron chi connectivity index (χ2n) is 5.10. The Bertz CT molecular complexity index is 561. The van der Waals surface area contributed by atoms with Gasteiger partial charge in [-0.15, -0.1) is 0 Å². The number of rotatable bonds is 3. The number of nitrogens with zero attached hydrogens (tertiary/aromatic N) is 2. The SMILES string of the molecule is C[C@@H]1CN(C(=O)COc2ccc(C#N)c(Cl)c2)C[C@H](C)O1. The molecular weight excluding hydrogens is 292 g/mol. The summed E-state index contributed by atoms with van der Waals surface area (Å²) < 4.78 is 11.0. The van der Waals surface area contributed by atoms with Gasteiger partial charge in [0.2, 0.25) is 0 Å². The lowest BCUT2D eigenvalue weighted by molar-refractivity contribution is -0.145. The summed E-state index contributed by atoms with van der Waals surface area (Å²) in [6.45, 7) is 4.97. The van der Waals surface area contributed by atoms with Crippen molar-refractivity contribution < 1.29 is 14.3 Å². The van der Waals surface area contributed by atoms with Gasteiger partial charge in [0.05, 0.1) is 22.8 Å². The summed E-state index contributed by atoms with van der Waals surface area (Å²) in [5.41, 5.74) is 0.381. The van der Waals surface area contributed by atoms with Gasteiger partial charge < -0.3 is 14.4 Å². The Labute approximate surface area is 129 Å². The molecule has 2 atom stereocenters. The molecule has 1 aromatic carbocycles. The van der Waals surface area contributed by atoms with Crippen LogP contribution >= 0.6 is 11.6 Å². The Hall–Kier alpha value is -1.77. The van der Waals surface area contributed by atoms with Gasteiger partial charge in [0, 0.05) is 19.2 Å². The van der Waals surface area contributed by atoms with Gasteiger partial charge in [-0.05, 0) is 26.0 Å². The van der Waals surface area contributed by atoms with Crippen molar-refractivity contribution in [2.45, 2.75) is 26.1 Å². The summed E-state index contributed by atoms with van der Waals surface area (Å²) in [5, 5.41) is 9.12. The lowest BCUT2D eigenvalue weighted by Crippen LogP contribution is -2.49. The third-order valence-corrected chi connectivity index (χ3v) is 3.51. The largest absolute Gasteiger partial charge is 0.484 e. The Kier molecular flexibility index (Phi) is 5.05. The van der Waals surface area contributed by atoms with Crippen molar-refractivity contribution in [3.05, 3.63) is 28.8 Å². The fraction of sp³-hybridized carbons (Fsp3) is 0.467. The first-order valence-electron chi connectivity index (χ1n) is 6.75. The van der Waals surface area contributed by atoms with Crippen LogP contribution in [-0.2, 0) is 9.53 Å². The van der Waals surface area contributed by atoms with Crippen LogP contribution in [0, 0.1) is 11.3 Å². The molecule has 1 saturated heterocycles. The van der Waals surface area contributed by atoms with Crippen molar-refractivity contribution in [3.63, 3.8) is 0 Å². The van der Waals surface area contributed by atoms with Crippen molar-refractivity contribution in [2.24, 2.45) is 0 Å². The van der Waals surface area contributed by atoms with E-state index in [9.17, 15) is 4.79 Å². The van der Waals surface area contributed by atoms with E-state index in [1.165, 1.54) is 6.07 Å². The number of carbonyl (C=O) groups is 1. The Morgan fingerprint density at radius 1 is 1.48 bits per heavy atom. The van der Waals surface area contributed by atoms with E-state index >= 15 is 0 Å². The van der Waals surface area contributed by atoms with Crippen molar-refractivity contribution in [3.8, 4) is 11.8 Å². The lowest BCUT2D eigenvalue weighted by Gasteiger charge is -2.35. The van der Waals surface area contributed by atoms with Gasteiger partial charge >= 0.3 is 0 Å². The van der Waals surface area contributed by atoms with Crippen molar-refractivity contribution in [1.82, 2.24) is 4.90 Å². The zero-order valence-corrected chi connectivity index (χ0v) is 12.8. The number of nitriles is 1.